The fourth-order valence-corrected chi connectivity index (χ4v) is 2.63. The molecule has 1 saturated heterocycles. The molecule has 1 atom stereocenters. The Labute approximate surface area is 187 Å². The Morgan fingerprint density at radius 2 is 1.00 bits per heavy atom. The van der Waals surface area contributed by atoms with Gasteiger partial charge in [-0.2, -0.15) is 0 Å². The third-order valence-corrected chi connectivity index (χ3v) is 4.21. The molecule has 1 heterocycles. The lowest BCUT2D eigenvalue weighted by atomic mass is 10.2. The lowest BCUT2D eigenvalue weighted by molar-refractivity contribution is -0.169. The van der Waals surface area contributed by atoms with Gasteiger partial charge in [-0.1, -0.05) is 0 Å². The van der Waals surface area contributed by atoms with Crippen LogP contribution in [0, 0.1) is 0 Å². The predicted octanol–water partition coefficient (Wildman–Crippen LogP) is 2.05. The Kier molecular flexibility index (Phi) is 21.1. The van der Waals surface area contributed by atoms with Crippen molar-refractivity contribution in [2.45, 2.75) is 45.5 Å². The number of rotatable bonds is 23. The molecule has 1 rings (SSSR count). The molecule has 0 spiro atoms. The molecule has 1 unspecified atom stereocenters. The van der Waals surface area contributed by atoms with Crippen LogP contribution in [0.1, 0.15) is 33.1 Å². The van der Waals surface area contributed by atoms with E-state index in [1.54, 1.807) is 0 Å². The molecular formula is C22H44O9. The first-order valence-corrected chi connectivity index (χ1v) is 11.6. The van der Waals surface area contributed by atoms with Gasteiger partial charge in [0.1, 0.15) is 0 Å². The van der Waals surface area contributed by atoms with Crippen molar-refractivity contribution in [2.24, 2.45) is 0 Å². The Hall–Kier alpha value is -0.360. The Balaban J connectivity index is 1.63. The molecule has 0 aliphatic carbocycles. The maximum Gasteiger partial charge on any atom is 0.157 e. The highest BCUT2D eigenvalue weighted by Gasteiger charge is 2.13. The van der Waals surface area contributed by atoms with Crippen LogP contribution in [0.2, 0.25) is 0 Å². The third-order valence-electron chi connectivity index (χ3n) is 4.21. The fraction of sp³-hybridized carbons (Fsp3) is 1.00. The minimum absolute atomic E-state index is 0.0537. The number of ether oxygens (including phenoxy) is 9. The van der Waals surface area contributed by atoms with E-state index < -0.39 is 0 Å². The topological polar surface area (TPSA) is 83.1 Å². The largest absolute Gasteiger partial charge is 0.377 e. The minimum Gasteiger partial charge on any atom is -0.377 e. The summed E-state index contributed by atoms with van der Waals surface area (Å²) in [5.41, 5.74) is 0. The van der Waals surface area contributed by atoms with Crippen molar-refractivity contribution in [2.75, 3.05) is 99.1 Å². The second kappa shape index (κ2) is 22.8. The van der Waals surface area contributed by atoms with Crippen LogP contribution in [0.25, 0.3) is 0 Å². The van der Waals surface area contributed by atoms with E-state index >= 15 is 0 Å². The van der Waals surface area contributed by atoms with Gasteiger partial charge in [0.2, 0.25) is 0 Å². The standard InChI is InChI=1S/C22H44O9/c1-21(2)29-19-17-27-15-13-25-11-9-23-7-8-24-10-12-26-14-16-28-18-20-31-22-5-3-4-6-30-22/h21-22H,3-20H2,1-2H3. The molecule has 186 valence electrons. The van der Waals surface area contributed by atoms with E-state index in [0.717, 1.165) is 19.4 Å². The fourth-order valence-electron chi connectivity index (χ4n) is 2.63. The van der Waals surface area contributed by atoms with Crippen molar-refractivity contribution in [1.82, 2.24) is 0 Å². The van der Waals surface area contributed by atoms with Crippen LogP contribution in [0.4, 0.5) is 0 Å². The summed E-state index contributed by atoms with van der Waals surface area (Å²) in [5.74, 6) is 0. The molecule has 0 aromatic rings. The lowest BCUT2D eigenvalue weighted by Crippen LogP contribution is -2.24. The Morgan fingerprint density at radius 3 is 1.39 bits per heavy atom. The van der Waals surface area contributed by atoms with E-state index in [4.69, 9.17) is 42.6 Å². The smallest absolute Gasteiger partial charge is 0.157 e. The van der Waals surface area contributed by atoms with Gasteiger partial charge in [0.05, 0.1) is 98.6 Å². The van der Waals surface area contributed by atoms with Gasteiger partial charge in [0.25, 0.3) is 0 Å². The van der Waals surface area contributed by atoms with Crippen molar-refractivity contribution in [1.29, 1.82) is 0 Å². The van der Waals surface area contributed by atoms with Gasteiger partial charge in [0.15, 0.2) is 6.29 Å². The molecular weight excluding hydrogens is 408 g/mol. The first-order valence-electron chi connectivity index (χ1n) is 11.6. The molecule has 1 aliphatic heterocycles. The molecule has 1 aliphatic rings. The van der Waals surface area contributed by atoms with E-state index in [1.807, 2.05) is 13.8 Å². The summed E-state index contributed by atoms with van der Waals surface area (Å²) in [4.78, 5) is 0. The van der Waals surface area contributed by atoms with Crippen LogP contribution < -0.4 is 0 Å². The predicted molar refractivity (Wildman–Crippen MR) is 116 cm³/mol. The number of hydrogen-bond donors (Lipinski definition) is 0. The molecule has 9 nitrogen and oxygen atoms in total. The monoisotopic (exact) mass is 452 g/mol. The van der Waals surface area contributed by atoms with Crippen LogP contribution in [0.5, 0.6) is 0 Å². The summed E-state index contributed by atoms with van der Waals surface area (Å²) in [5, 5.41) is 0. The second-order valence-electron chi connectivity index (χ2n) is 7.26. The average Bonchev–Trinajstić information content (AvgIpc) is 2.77. The van der Waals surface area contributed by atoms with E-state index in [-0.39, 0.29) is 12.4 Å². The van der Waals surface area contributed by atoms with Gasteiger partial charge in [-0.05, 0) is 33.1 Å². The van der Waals surface area contributed by atoms with Crippen molar-refractivity contribution in [3.8, 4) is 0 Å². The van der Waals surface area contributed by atoms with Crippen LogP contribution in [-0.4, -0.2) is 111 Å². The summed E-state index contributed by atoms with van der Waals surface area (Å²) in [6.45, 7) is 12.6. The molecule has 0 bridgehead atoms. The normalized spacial score (nSPS) is 16.9. The second-order valence-corrected chi connectivity index (χ2v) is 7.26. The highest BCUT2D eigenvalue weighted by Crippen LogP contribution is 2.13. The Morgan fingerprint density at radius 1 is 0.581 bits per heavy atom. The van der Waals surface area contributed by atoms with Gasteiger partial charge in [-0.25, -0.2) is 0 Å². The van der Waals surface area contributed by atoms with Gasteiger partial charge in [0, 0.05) is 6.61 Å². The van der Waals surface area contributed by atoms with Gasteiger partial charge in [-0.3, -0.25) is 0 Å². The summed E-state index contributed by atoms with van der Waals surface area (Å²) in [7, 11) is 0. The maximum atomic E-state index is 5.59. The summed E-state index contributed by atoms with van der Waals surface area (Å²) in [6.07, 6.45) is 3.47. The number of hydrogen-bond acceptors (Lipinski definition) is 9. The highest BCUT2D eigenvalue weighted by molar-refractivity contribution is 4.53. The average molecular weight is 453 g/mol. The molecule has 0 aromatic heterocycles. The van der Waals surface area contributed by atoms with E-state index in [9.17, 15) is 0 Å². The molecule has 0 amide bonds. The van der Waals surface area contributed by atoms with Crippen molar-refractivity contribution in [3.63, 3.8) is 0 Å². The van der Waals surface area contributed by atoms with E-state index in [1.165, 1.54) is 6.42 Å². The summed E-state index contributed by atoms with van der Waals surface area (Å²) in [6, 6.07) is 0. The van der Waals surface area contributed by atoms with Crippen LogP contribution in [-0.2, 0) is 42.6 Å². The third kappa shape index (κ3) is 21.3. The highest BCUT2D eigenvalue weighted by atomic mass is 16.7. The molecule has 0 radical (unpaired) electrons. The Bertz CT molecular complexity index is 352. The van der Waals surface area contributed by atoms with Crippen LogP contribution in [0.15, 0.2) is 0 Å². The van der Waals surface area contributed by atoms with Gasteiger partial charge >= 0.3 is 0 Å². The van der Waals surface area contributed by atoms with Crippen molar-refractivity contribution >= 4 is 0 Å². The minimum atomic E-state index is -0.0537. The van der Waals surface area contributed by atoms with Crippen LogP contribution in [0.3, 0.4) is 0 Å². The molecule has 1 fully saturated rings. The molecule has 0 saturated carbocycles. The molecule has 9 heteroatoms. The SMILES string of the molecule is CC(C)OCCOCCOCCOCCOCCOCCOCCOC1CCCCO1. The zero-order chi connectivity index (χ0) is 22.2. The maximum absolute atomic E-state index is 5.59. The molecule has 0 aromatic carbocycles. The first-order chi connectivity index (χ1) is 15.3. The van der Waals surface area contributed by atoms with Gasteiger partial charge in [-0.15, -0.1) is 0 Å². The molecule has 0 N–H and O–H groups in total. The van der Waals surface area contributed by atoms with Crippen LogP contribution >= 0.6 is 0 Å². The van der Waals surface area contributed by atoms with Crippen molar-refractivity contribution in [3.05, 3.63) is 0 Å². The van der Waals surface area contributed by atoms with Gasteiger partial charge < -0.3 is 42.6 Å². The quantitative estimate of drug-likeness (QED) is 0.216. The zero-order valence-electron chi connectivity index (χ0n) is 19.6. The van der Waals surface area contributed by atoms with E-state index in [0.29, 0.717) is 92.5 Å². The summed E-state index contributed by atoms with van der Waals surface area (Å²) < 4.78 is 49.1. The molecule has 31 heavy (non-hydrogen) atoms. The van der Waals surface area contributed by atoms with Crippen molar-refractivity contribution < 1.29 is 42.6 Å². The summed E-state index contributed by atoms with van der Waals surface area (Å²) >= 11 is 0. The van der Waals surface area contributed by atoms with E-state index in [2.05, 4.69) is 0 Å². The zero-order valence-corrected chi connectivity index (χ0v) is 19.6. The first kappa shape index (κ1) is 28.7. The lowest BCUT2D eigenvalue weighted by Gasteiger charge is -2.22.